The van der Waals surface area contributed by atoms with Crippen LogP contribution in [0.25, 0.3) is 0 Å². The number of nitrogens with zero attached hydrogens (tertiary/aromatic N) is 3. The van der Waals surface area contributed by atoms with Crippen LogP contribution in [-0.4, -0.2) is 53.2 Å². The summed E-state index contributed by atoms with van der Waals surface area (Å²) in [7, 11) is 0. The van der Waals surface area contributed by atoms with Gasteiger partial charge in [0.25, 0.3) is 5.91 Å². The van der Waals surface area contributed by atoms with Gasteiger partial charge in [0.2, 0.25) is 11.8 Å². The standard InChI is InChI=1S/C29H33ClN4O3/c1-2-33(17-15-22(18-31)20-9-11-23(30)12-10-20)16-4-3-6-21-7-5-8-24-25(21)19-34(29(24)37)26-13-14-27(35)32-28(26)36/h5,7-12,22,26H,2-4,6,13-17,19H2,1H3,(H,32,35,36). The molecule has 2 aliphatic rings. The predicted molar refractivity (Wildman–Crippen MR) is 142 cm³/mol. The smallest absolute Gasteiger partial charge is 0.255 e. The minimum Gasteiger partial charge on any atom is -0.322 e. The normalized spacial score (nSPS) is 18.1. The topological polar surface area (TPSA) is 93.5 Å². The van der Waals surface area contributed by atoms with E-state index in [4.69, 9.17) is 11.6 Å². The third-order valence-corrected chi connectivity index (χ3v) is 7.71. The summed E-state index contributed by atoms with van der Waals surface area (Å²) in [5.74, 6) is -0.937. The molecule has 2 atom stereocenters. The van der Waals surface area contributed by atoms with Crippen molar-refractivity contribution < 1.29 is 14.4 Å². The fourth-order valence-corrected chi connectivity index (χ4v) is 5.40. The van der Waals surface area contributed by atoms with Crippen LogP contribution in [0.2, 0.25) is 5.02 Å². The molecule has 3 amide bonds. The van der Waals surface area contributed by atoms with Crippen LogP contribution in [-0.2, 0) is 22.6 Å². The second kappa shape index (κ2) is 12.4. The van der Waals surface area contributed by atoms with E-state index in [0.717, 1.165) is 62.0 Å². The number of imide groups is 1. The summed E-state index contributed by atoms with van der Waals surface area (Å²) in [6.45, 7) is 5.29. The monoisotopic (exact) mass is 520 g/mol. The summed E-state index contributed by atoms with van der Waals surface area (Å²) in [6, 6.07) is 15.2. The van der Waals surface area contributed by atoms with Crippen molar-refractivity contribution in [2.24, 2.45) is 0 Å². The maximum absolute atomic E-state index is 13.0. The second-order valence-electron chi connectivity index (χ2n) is 9.76. The van der Waals surface area contributed by atoms with E-state index in [2.05, 4.69) is 29.3 Å². The number of hydrogen-bond acceptors (Lipinski definition) is 5. The third kappa shape index (κ3) is 6.38. The Kier molecular flexibility index (Phi) is 8.96. The van der Waals surface area contributed by atoms with Gasteiger partial charge in [-0.25, -0.2) is 0 Å². The first kappa shape index (κ1) is 26.8. The lowest BCUT2D eigenvalue weighted by atomic mass is 9.97. The van der Waals surface area contributed by atoms with Crippen molar-refractivity contribution in [3.8, 4) is 6.07 Å². The molecule has 0 saturated carbocycles. The number of rotatable bonds is 11. The maximum Gasteiger partial charge on any atom is 0.255 e. The SMILES string of the molecule is CCN(CCCCc1cccc2c1CN(C1CCC(=O)NC1=O)C2=O)CCC(C#N)c1ccc(Cl)cc1. The molecule has 1 saturated heterocycles. The highest BCUT2D eigenvalue weighted by atomic mass is 35.5. The highest BCUT2D eigenvalue weighted by molar-refractivity contribution is 6.30. The molecule has 4 rings (SSSR count). The predicted octanol–water partition coefficient (Wildman–Crippen LogP) is 4.44. The van der Waals surface area contributed by atoms with E-state index in [9.17, 15) is 19.6 Å². The largest absolute Gasteiger partial charge is 0.322 e. The fourth-order valence-electron chi connectivity index (χ4n) is 5.28. The van der Waals surface area contributed by atoms with Crippen LogP contribution in [0.15, 0.2) is 42.5 Å². The van der Waals surface area contributed by atoms with Gasteiger partial charge in [-0.3, -0.25) is 19.7 Å². The van der Waals surface area contributed by atoms with Crippen molar-refractivity contribution in [1.29, 1.82) is 5.26 Å². The Labute approximate surface area is 223 Å². The molecule has 0 aliphatic carbocycles. The number of unbranched alkanes of at least 4 members (excludes halogenated alkanes) is 1. The maximum atomic E-state index is 13.0. The molecule has 0 radical (unpaired) electrons. The van der Waals surface area contributed by atoms with E-state index in [1.807, 2.05) is 36.4 Å². The average Bonchev–Trinajstić information content (AvgIpc) is 3.23. The Balaban J connectivity index is 1.28. The van der Waals surface area contributed by atoms with Gasteiger partial charge in [0.05, 0.1) is 12.0 Å². The third-order valence-electron chi connectivity index (χ3n) is 7.46. The summed E-state index contributed by atoms with van der Waals surface area (Å²) in [5.41, 5.74) is 3.82. The second-order valence-corrected chi connectivity index (χ2v) is 10.2. The van der Waals surface area contributed by atoms with Gasteiger partial charge < -0.3 is 9.80 Å². The van der Waals surface area contributed by atoms with Crippen molar-refractivity contribution in [1.82, 2.24) is 15.1 Å². The zero-order valence-corrected chi connectivity index (χ0v) is 22.0. The summed E-state index contributed by atoms with van der Waals surface area (Å²) >= 11 is 5.98. The van der Waals surface area contributed by atoms with E-state index in [1.165, 1.54) is 0 Å². The number of nitriles is 1. The van der Waals surface area contributed by atoms with Crippen molar-refractivity contribution >= 4 is 29.3 Å². The van der Waals surface area contributed by atoms with E-state index >= 15 is 0 Å². The lowest BCUT2D eigenvalue weighted by Gasteiger charge is -2.29. The van der Waals surface area contributed by atoms with Crippen molar-refractivity contribution in [3.63, 3.8) is 0 Å². The molecule has 1 fully saturated rings. The quantitative estimate of drug-likeness (QED) is 0.349. The molecule has 2 aromatic carbocycles. The molecular formula is C29H33ClN4O3. The summed E-state index contributed by atoms with van der Waals surface area (Å²) in [6.07, 6.45) is 4.27. The first-order valence-electron chi connectivity index (χ1n) is 13.0. The van der Waals surface area contributed by atoms with Crippen LogP contribution in [0.1, 0.15) is 72.0 Å². The van der Waals surface area contributed by atoms with E-state index in [-0.39, 0.29) is 30.1 Å². The molecule has 1 N–H and O–H groups in total. The number of piperidine rings is 1. The Bertz CT molecular complexity index is 1190. The van der Waals surface area contributed by atoms with Crippen LogP contribution >= 0.6 is 11.6 Å². The minimum atomic E-state index is -0.589. The minimum absolute atomic E-state index is 0.128. The Morgan fingerprint density at radius 3 is 2.62 bits per heavy atom. The number of nitrogens with one attached hydrogen (secondary N) is 1. The molecule has 0 aromatic heterocycles. The van der Waals surface area contributed by atoms with Crippen LogP contribution in [0.5, 0.6) is 0 Å². The molecular weight excluding hydrogens is 488 g/mol. The summed E-state index contributed by atoms with van der Waals surface area (Å²) in [4.78, 5) is 40.9. The van der Waals surface area contributed by atoms with Gasteiger partial charge in [0.1, 0.15) is 6.04 Å². The van der Waals surface area contributed by atoms with Crippen LogP contribution in [0, 0.1) is 11.3 Å². The molecule has 7 nitrogen and oxygen atoms in total. The highest BCUT2D eigenvalue weighted by Gasteiger charge is 2.39. The number of benzene rings is 2. The molecule has 0 bridgehead atoms. The van der Waals surface area contributed by atoms with Gasteiger partial charge in [0, 0.05) is 23.6 Å². The van der Waals surface area contributed by atoms with Crippen LogP contribution in [0.3, 0.4) is 0 Å². The molecule has 8 heteroatoms. The lowest BCUT2D eigenvalue weighted by Crippen LogP contribution is -2.52. The zero-order valence-electron chi connectivity index (χ0n) is 21.2. The molecule has 2 aliphatic heterocycles. The number of aryl methyl sites for hydroxylation is 1. The number of hydrogen-bond donors (Lipinski definition) is 1. The van der Waals surface area contributed by atoms with Gasteiger partial charge in [-0.05, 0) is 86.6 Å². The Hall–Kier alpha value is -3.21. The first-order valence-corrected chi connectivity index (χ1v) is 13.4. The van der Waals surface area contributed by atoms with E-state index in [1.54, 1.807) is 4.90 Å². The van der Waals surface area contributed by atoms with Gasteiger partial charge in [-0.2, -0.15) is 5.26 Å². The summed E-state index contributed by atoms with van der Waals surface area (Å²) < 4.78 is 0. The fraction of sp³-hybridized carbons (Fsp3) is 0.448. The molecule has 37 heavy (non-hydrogen) atoms. The first-order chi connectivity index (χ1) is 17.9. The van der Waals surface area contributed by atoms with Crippen molar-refractivity contribution in [2.75, 3.05) is 19.6 Å². The molecule has 194 valence electrons. The van der Waals surface area contributed by atoms with E-state index in [0.29, 0.717) is 23.6 Å². The number of carbonyl (C=O) groups excluding carboxylic acids is 3. The molecule has 2 aromatic rings. The zero-order chi connectivity index (χ0) is 26.4. The van der Waals surface area contributed by atoms with Crippen LogP contribution in [0.4, 0.5) is 0 Å². The van der Waals surface area contributed by atoms with E-state index < -0.39 is 6.04 Å². The molecule has 2 unspecified atom stereocenters. The number of halogens is 1. The molecule has 2 heterocycles. The average molecular weight is 521 g/mol. The van der Waals surface area contributed by atoms with Gasteiger partial charge in [0.15, 0.2) is 0 Å². The van der Waals surface area contributed by atoms with Crippen molar-refractivity contribution in [2.45, 2.75) is 64.0 Å². The number of carbonyl (C=O) groups is 3. The Morgan fingerprint density at radius 2 is 1.92 bits per heavy atom. The summed E-state index contributed by atoms with van der Waals surface area (Å²) in [5, 5.41) is 12.7. The lowest BCUT2D eigenvalue weighted by molar-refractivity contribution is -0.136. The van der Waals surface area contributed by atoms with Crippen molar-refractivity contribution in [3.05, 3.63) is 69.7 Å². The number of amides is 3. The van der Waals surface area contributed by atoms with Gasteiger partial charge >= 0.3 is 0 Å². The van der Waals surface area contributed by atoms with Crippen LogP contribution < -0.4 is 5.32 Å². The van der Waals surface area contributed by atoms with Gasteiger partial charge in [-0.15, -0.1) is 0 Å². The molecule has 0 spiro atoms. The number of fused-ring (bicyclic) bond motifs is 1. The Morgan fingerprint density at radius 1 is 1.14 bits per heavy atom. The van der Waals surface area contributed by atoms with Gasteiger partial charge in [-0.1, -0.05) is 42.8 Å². The highest BCUT2D eigenvalue weighted by Crippen LogP contribution is 2.30.